The lowest BCUT2D eigenvalue weighted by atomic mass is 9.87. The van der Waals surface area contributed by atoms with E-state index in [0.29, 0.717) is 6.04 Å². The molecule has 0 aliphatic heterocycles. The Morgan fingerprint density at radius 3 is 2.60 bits per heavy atom. The van der Waals surface area contributed by atoms with E-state index in [1.807, 2.05) is 0 Å². The summed E-state index contributed by atoms with van der Waals surface area (Å²) < 4.78 is 0. The second-order valence-electron chi connectivity index (χ2n) is 5.98. The number of fused-ring (bicyclic) bond motifs is 1. The summed E-state index contributed by atoms with van der Waals surface area (Å²) in [7, 11) is 2.09. The molecule has 1 N–H and O–H groups in total. The van der Waals surface area contributed by atoms with E-state index in [0.717, 1.165) is 11.4 Å². The number of hydrogen-bond donors (Lipinski definition) is 1. The van der Waals surface area contributed by atoms with Gasteiger partial charge in [0.15, 0.2) is 0 Å². The van der Waals surface area contributed by atoms with E-state index in [4.69, 9.17) is 0 Å². The van der Waals surface area contributed by atoms with E-state index >= 15 is 0 Å². The maximum atomic E-state index is 4.63. The van der Waals surface area contributed by atoms with Gasteiger partial charge in [-0.25, -0.2) is 0 Å². The van der Waals surface area contributed by atoms with Gasteiger partial charge in [0.1, 0.15) is 0 Å². The highest BCUT2D eigenvalue weighted by molar-refractivity contribution is 5.78. The molecule has 20 heavy (non-hydrogen) atoms. The van der Waals surface area contributed by atoms with Crippen LogP contribution >= 0.6 is 0 Å². The van der Waals surface area contributed by atoms with Gasteiger partial charge in [-0.05, 0) is 43.5 Å². The third-order valence-corrected chi connectivity index (χ3v) is 4.65. The number of benzene rings is 1. The van der Waals surface area contributed by atoms with Crippen LogP contribution < -0.4 is 5.32 Å². The molecule has 0 radical (unpaired) electrons. The van der Waals surface area contributed by atoms with Crippen LogP contribution in [0, 0.1) is 5.92 Å². The lowest BCUT2D eigenvalue weighted by Gasteiger charge is -2.26. The zero-order chi connectivity index (χ0) is 13.8. The average molecular weight is 268 g/mol. The molecule has 0 spiro atoms. The van der Waals surface area contributed by atoms with Crippen LogP contribution in [0.4, 0.5) is 0 Å². The Morgan fingerprint density at radius 1 is 1.10 bits per heavy atom. The molecule has 2 heteroatoms. The van der Waals surface area contributed by atoms with Gasteiger partial charge in [-0.2, -0.15) is 0 Å². The van der Waals surface area contributed by atoms with Gasteiger partial charge in [0.25, 0.3) is 0 Å². The van der Waals surface area contributed by atoms with Crippen molar-refractivity contribution in [2.45, 2.75) is 44.6 Å². The van der Waals surface area contributed by atoms with Crippen molar-refractivity contribution in [3.8, 4) is 0 Å². The van der Waals surface area contributed by atoms with Crippen LogP contribution in [0.15, 0.2) is 36.5 Å². The highest BCUT2D eigenvalue weighted by Crippen LogP contribution is 2.33. The molecule has 1 heterocycles. The van der Waals surface area contributed by atoms with Crippen molar-refractivity contribution in [2.75, 3.05) is 7.05 Å². The Balaban J connectivity index is 1.89. The molecule has 0 saturated heterocycles. The summed E-state index contributed by atoms with van der Waals surface area (Å²) in [6.45, 7) is 0. The van der Waals surface area contributed by atoms with Crippen LogP contribution in [0.5, 0.6) is 0 Å². The van der Waals surface area contributed by atoms with Crippen molar-refractivity contribution in [3.63, 3.8) is 0 Å². The Kier molecular flexibility index (Phi) is 4.31. The summed E-state index contributed by atoms with van der Waals surface area (Å²) in [4.78, 5) is 4.63. The Morgan fingerprint density at radius 2 is 1.85 bits per heavy atom. The molecule has 0 amide bonds. The molecule has 0 bridgehead atoms. The molecule has 1 aromatic heterocycles. The third-order valence-electron chi connectivity index (χ3n) is 4.65. The first-order valence-electron chi connectivity index (χ1n) is 7.90. The molecule has 1 aromatic carbocycles. The maximum Gasteiger partial charge on any atom is 0.0702 e. The topological polar surface area (TPSA) is 24.9 Å². The number of para-hydroxylation sites is 1. The number of pyridine rings is 1. The van der Waals surface area contributed by atoms with Crippen molar-refractivity contribution >= 4 is 10.9 Å². The molecule has 1 atom stereocenters. The van der Waals surface area contributed by atoms with Crippen LogP contribution in [0.25, 0.3) is 10.9 Å². The first-order chi connectivity index (χ1) is 9.88. The Hall–Kier alpha value is -1.41. The smallest absolute Gasteiger partial charge is 0.0702 e. The molecule has 2 aromatic rings. The zero-order valence-electron chi connectivity index (χ0n) is 12.3. The van der Waals surface area contributed by atoms with Crippen LogP contribution in [0.1, 0.15) is 50.1 Å². The predicted molar refractivity (Wildman–Crippen MR) is 84.7 cm³/mol. The zero-order valence-corrected chi connectivity index (χ0v) is 12.3. The first-order valence-corrected chi connectivity index (χ1v) is 7.90. The van der Waals surface area contributed by atoms with Gasteiger partial charge < -0.3 is 5.32 Å². The summed E-state index contributed by atoms with van der Waals surface area (Å²) >= 11 is 0. The van der Waals surface area contributed by atoms with E-state index in [2.05, 4.69) is 53.9 Å². The Bertz CT molecular complexity index is 556. The lowest BCUT2D eigenvalue weighted by molar-refractivity contribution is 0.341. The second kappa shape index (κ2) is 6.36. The molecule has 1 unspecified atom stereocenters. The van der Waals surface area contributed by atoms with Crippen molar-refractivity contribution in [2.24, 2.45) is 5.92 Å². The number of hydrogen-bond acceptors (Lipinski definition) is 2. The van der Waals surface area contributed by atoms with Gasteiger partial charge in [0, 0.05) is 17.6 Å². The predicted octanol–water partition coefficient (Wildman–Crippen LogP) is 4.47. The molecule has 1 fully saturated rings. The van der Waals surface area contributed by atoms with Gasteiger partial charge in [-0.3, -0.25) is 4.98 Å². The minimum absolute atomic E-state index is 0.449. The van der Waals surface area contributed by atoms with Crippen molar-refractivity contribution in [3.05, 3.63) is 42.1 Å². The summed E-state index contributed by atoms with van der Waals surface area (Å²) in [6, 6.07) is 11.1. The first kappa shape index (κ1) is 13.6. The summed E-state index contributed by atoms with van der Waals surface area (Å²) in [5, 5.41) is 4.79. The fourth-order valence-electron chi connectivity index (χ4n) is 3.58. The quantitative estimate of drug-likeness (QED) is 0.831. The van der Waals surface area contributed by atoms with Gasteiger partial charge in [-0.15, -0.1) is 0 Å². The normalized spacial score (nSPS) is 18.9. The molecule has 3 rings (SSSR count). The van der Waals surface area contributed by atoms with Crippen LogP contribution in [0.2, 0.25) is 0 Å². The highest BCUT2D eigenvalue weighted by atomic mass is 14.9. The van der Waals surface area contributed by atoms with Crippen molar-refractivity contribution in [1.29, 1.82) is 0 Å². The number of aromatic nitrogens is 1. The van der Waals surface area contributed by atoms with E-state index < -0.39 is 0 Å². The third kappa shape index (κ3) is 2.85. The van der Waals surface area contributed by atoms with Crippen LogP contribution in [0.3, 0.4) is 0 Å². The number of nitrogens with zero attached hydrogens (tertiary/aromatic N) is 1. The van der Waals surface area contributed by atoms with Crippen molar-refractivity contribution in [1.82, 2.24) is 10.3 Å². The van der Waals surface area contributed by atoms with Crippen molar-refractivity contribution < 1.29 is 0 Å². The summed E-state index contributed by atoms with van der Waals surface area (Å²) in [6.07, 6.45) is 10.3. The molecule has 1 aliphatic carbocycles. The molecule has 106 valence electrons. The molecule has 1 saturated carbocycles. The van der Waals surface area contributed by atoms with E-state index in [-0.39, 0.29) is 0 Å². The van der Waals surface area contributed by atoms with Crippen LogP contribution in [-0.4, -0.2) is 12.0 Å². The van der Waals surface area contributed by atoms with Crippen LogP contribution in [-0.2, 0) is 0 Å². The molecule has 2 nitrogen and oxygen atoms in total. The highest BCUT2D eigenvalue weighted by Gasteiger charge is 2.23. The number of nitrogens with one attached hydrogen (secondary N) is 1. The minimum Gasteiger partial charge on any atom is -0.313 e. The van der Waals surface area contributed by atoms with Gasteiger partial charge in [0.05, 0.1) is 5.52 Å². The molecular formula is C18H24N2. The largest absolute Gasteiger partial charge is 0.313 e. The van der Waals surface area contributed by atoms with Gasteiger partial charge in [-0.1, -0.05) is 43.9 Å². The fraction of sp³-hybridized carbons (Fsp3) is 0.500. The molecule has 1 aliphatic rings. The fourth-order valence-corrected chi connectivity index (χ4v) is 3.58. The summed E-state index contributed by atoms with van der Waals surface area (Å²) in [5.74, 6) is 0.755. The maximum absolute atomic E-state index is 4.63. The Labute approximate surface area is 121 Å². The van der Waals surface area contributed by atoms with E-state index in [1.54, 1.807) is 0 Å². The standard InChI is InChI=1S/C18H24N2/c1-19-18(14-8-4-2-3-5-9-14)16-12-15-10-6-7-11-17(15)20-13-16/h6-7,10-14,18-19H,2-5,8-9H2,1H3. The molecular weight excluding hydrogens is 244 g/mol. The SMILES string of the molecule is CNC(c1cnc2ccccc2c1)C1CCCCCC1. The average Bonchev–Trinajstić information content (AvgIpc) is 2.77. The monoisotopic (exact) mass is 268 g/mol. The van der Waals surface area contributed by atoms with E-state index in [1.165, 1.54) is 49.5 Å². The lowest BCUT2D eigenvalue weighted by Crippen LogP contribution is -2.25. The number of rotatable bonds is 3. The van der Waals surface area contributed by atoms with Gasteiger partial charge >= 0.3 is 0 Å². The van der Waals surface area contributed by atoms with Gasteiger partial charge in [0.2, 0.25) is 0 Å². The summed E-state index contributed by atoms with van der Waals surface area (Å²) in [5.41, 5.74) is 2.44. The van der Waals surface area contributed by atoms with E-state index in [9.17, 15) is 0 Å². The minimum atomic E-state index is 0.449. The second-order valence-corrected chi connectivity index (χ2v) is 5.98.